The average Bonchev–Trinajstić information content (AvgIpc) is 3.70. The number of pyridine rings is 1. The molecule has 1 fully saturated rings. The lowest BCUT2D eigenvalue weighted by Gasteiger charge is -2.31. The summed E-state index contributed by atoms with van der Waals surface area (Å²) >= 11 is 1.75. The highest BCUT2D eigenvalue weighted by atomic mass is 32.2. The van der Waals surface area contributed by atoms with Gasteiger partial charge in [0.25, 0.3) is 0 Å². The summed E-state index contributed by atoms with van der Waals surface area (Å²) in [5, 5.41) is 6.91. The van der Waals surface area contributed by atoms with Crippen molar-refractivity contribution >= 4 is 23.1 Å². The first-order chi connectivity index (χ1) is 16.2. The monoisotopic (exact) mass is 520 g/mol. The van der Waals surface area contributed by atoms with Crippen molar-refractivity contribution in [1.29, 1.82) is 0 Å². The van der Waals surface area contributed by atoms with Gasteiger partial charge >= 0.3 is 0 Å². The van der Waals surface area contributed by atoms with Crippen molar-refractivity contribution in [2.75, 3.05) is 45.1 Å². The van der Waals surface area contributed by atoms with Gasteiger partial charge in [-0.25, -0.2) is 4.98 Å². The normalized spacial score (nSPS) is 17.4. The van der Waals surface area contributed by atoms with E-state index in [-0.39, 0.29) is 19.8 Å². The molecule has 36 heavy (non-hydrogen) atoms. The summed E-state index contributed by atoms with van der Waals surface area (Å²) in [6.45, 7) is 3.08. The number of hydrogen-bond acceptors (Lipinski definition) is 7. The highest BCUT2D eigenvalue weighted by Crippen LogP contribution is 2.41. The van der Waals surface area contributed by atoms with E-state index < -0.39 is 0 Å². The Bertz CT molecular complexity index is 987. The second kappa shape index (κ2) is 15.5. The Morgan fingerprint density at radius 3 is 2.50 bits per heavy atom. The number of anilines is 2. The van der Waals surface area contributed by atoms with E-state index in [9.17, 15) is 0 Å². The zero-order valence-electron chi connectivity index (χ0n) is 20.7. The van der Waals surface area contributed by atoms with Crippen molar-refractivity contribution in [3.63, 3.8) is 0 Å². The number of dihydropyridines is 1. The third-order valence-electron chi connectivity index (χ3n) is 5.83. The van der Waals surface area contributed by atoms with Crippen LogP contribution in [-0.2, 0) is 11.3 Å². The molecule has 0 amide bonds. The van der Waals surface area contributed by atoms with Gasteiger partial charge in [0.15, 0.2) is 0 Å². The summed E-state index contributed by atoms with van der Waals surface area (Å²) in [6.07, 6.45) is 11.2. The standard InChI is InChI=1S/C24H28N4OS.C2H6O.CH4.2H2O.H2/c1-30-22-10-6-19(26-16-22)14-25-15-20-7-11-23-24(27-20)29-13-12-28(23)21-8-4-18(5-9-21)17-2-3-17;1-3-2;;;;/h4-11,16-17,19,25-26H,2-3,12-15H2,1H3;1-2H3;1H4;2*1H2;1H. The molecule has 0 spiro atoms. The van der Waals surface area contributed by atoms with E-state index in [1.807, 2.05) is 0 Å². The topological polar surface area (TPSA) is 122 Å². The first-order valence-corrected chi connectivity index (χ1v) is 12.7. The number of benzene rings is 1. The van der Waals surface area contributed by atoms with Crippen molar-refractivity contribution in [1.82, 2.24) is 15.6 Å². The van der Waals surface area contributed by atoms with E-state index in [4.69, 9.17) is 9.72 Å². The Kier molecular flexibility index (Phi) is 13.6. The van der Waals surface area contributed by atoms with Gasteiger partial charge in [-0.15, -0.1) is 11.8 Å². The van der Waals surface area contributed by atoms with E-state index in [0.29, 0.717) is 12.6 Å². The average molecular weight is 521 g/mol. The Morgan fingerprint density at radius 2 is 1.89 bits per heavy atom. The number of rotatable bonds is 7. The highest BCUT2D eigenvalue weighted by molar-refractivity contribution is 8.02. The molecule has 0 radical (unpaired) electrons. The van der Waals surface area contributed by atoms with E-state index in [1.165, 1.54) is 29.0 Å². The number of hydrogen-bond donors (Lipinski definition) is 2. The molecule has 5 rings (SSSR count). The largest absolute Gasteiger partial charge is 0.474 e. The van der Waals surface area contributed by atoms with Gasteiger partial charge in [-0.05, 0) is 60.9 Å². The maximum Gasteiger partial charge on any atom is 0.238 e. The van der Waals surface area contributed by atoms with Crippen LogP contribution in [0.25, 0.3) is 0 Å². The van der Waals surface area contributed by atoms with E-state index in [0.717, 1.165) is 42.8 Å². The molecule has 3 heterocycles. The molecule has 1 atom stereocenters. The summed E-state index contributed by atoms with van der Waals surface area (Å²) in [6, 6.07) is 13.6. The minimum atomic E-state index is 0. The summed E-state index contributed by atoms with van der Waals surface area (Å²) < 4.78 is 10.1. The van der Waals surface area contributed by atoms with Crippen LogP contribution in [-0.4, -0.2) is 62.1 Å². The first-order valence-electron chi connectivity index (χ1n) is 11.5. The molecule has 3 aliphatic rings. The van der Waals surface area contributed by atoms with Gasteiger partial charge in [-0.1, -0.05) is 25.6 Å². The third kappa shape index (κ3) is 8.25. The second-order valence-corrected chi connectivity index (χ2v) is 9.29. The lowest BCUT2D eigenvalue weighted by Crippen LogP contribution is -2.35. The molecule has 202 valence electrons. The lowest BCUT2D eigenvalue weighted by molar-refractivity contribution is 0.277. The molecule has 1 unspecified atom stereocenters. The van der Waals surface area contributed by atoms with Crippen LogP contribution in [0.4, 0.5) is 11.4 Å². The molecule has 1 aromatic heterocycles. The Labute approximate surface area is 221 Å². The summed E-state index contributed by atoms with van der Waals surface area (Å²) in [4.78, 5) is 8.34. The van der Waals surface area contributed by atoms with Crippen molar-refractivity contribution in [2.45, 2.75) is 38.8 Å². The van der Waals surface area contributed by atoms with Gasteiger partial charge in [0, 0.05) is 45.5 Å². The van der Waals surface area contributed by atoms with Crippen molar-refractivity contribution in [2.24, 2.45) is 0 Å². The quantitative estimate of drug-likeness (QED) is 0.569. The highest BCUT2D eigenvalue weighted by Gasteiger charge is 2.25. The molecule has 8 nitrogen and oxygen atoms in total. The predicted octanol–water partition coefficient (Wildman–Crippen LogP) is 3.81. The van der Waals surface area contributed by atoms with Gasteiger partial charge in [0.1, 0.15) is 12.3 Å². The van der Waals surface area contributed by atoms with Crippen LogP contribution in [0.1, 0.15) is 38.9 Å². The second-order valence-electron chi connectivity index (χ2n) is 8.42. The molecule has 2 aliphatic heterocycles. The molecule has 6 N–H and O–H groups in total. The predicted molar refractivity (Wildman–Crippen MR) is 154 cm³/mol. The lowest BCUT2D eigenvalue weighted by atomic mass is 10.1. The number of methoxy groups -OCH3 is 1. The molecule has 0 bridgehead atoms. The number of nitrogens with zero attached hydrogens (tertiary/aromatic N) is 2. The van der Waals surface area contributed by atoms with Crippen LogP contribution in [0, 0.1) is 0 Å². The first kappa shape index (κ1) is 31.5. The van der Waals surface area contributed by atoms with Crippen LogP contribution >= 0.6 is 11.8 Å². The molecular formula is C27H44N4O4S. The minimum Gasteiger partial charge on any atom is -0.474 e. The maximum atomic E-state index is 5.89. The van der Waals surface area contributed by atoms with Crippen molar-refractivity contribution in [3.8, 4) is 5.88 Å². The van der Waals surface area contributed by atoms with E-state index in [1.54, 1.807) is 26.0 Å². The van der Waals surface area contributed by atoms with E-state index in [2.05, 4.69) is 81.3 Å². The number of aromatic nitrogens is 1. The molecule has 1 aromatic carbocycles. The zero-order valence-corrected chi connectivity index (χ0v) is 21.5. The molecule has 9 heteroatoms. The molecule has 1 aliphatic carbocycles. The van der Waals surface area contributed by atoms with Crippen molar-refractivity contribution < 1.29 is 21.9 Å². The minimum absolute atomic E-state index is 0. The Balaban J connectivity index is 0.00000177. The molecule has 1 saturated carbocycles. The van der Waals surface area contributed by atoms with Gasteiger partial charge in [-0.3, -0.25) is 0 Å². The molecular weight excluding hydrogens is 476 g/mol. The number of allylic oxidation sites excluding steroid dienone is 1. The van der Waals surface area contributed by atoms with Crippen LogP contribution in [0.2, 0.25) is 0 Å². The van der Waals surface area contributed by atoms with Crippen LogP contribution < -0.4 is 20.3 Å². The van der Waals surface area contributed by atoms with Crippen LogP contribution in [0.3, 0.4) is 0 Å². The van der Waals surface area contributed by atoms with Gasteiger partial charge in [-0.2, -0.15) is 0 Å². The van der Waals surface area contributed by atoms with E-state index >= 15 is 0 Å². The van der Waals surface area contributed by atoms with Crippen LogP contribution in [0.5, 0.6) is 5.88 Å². The summed E-state index contributed by atoms with van der Waals surface area (Å²) in [5.74, 6) is 1.52. The number of thioether (sulfide) groups is 1. The molecule has 0 saturated heterocycles. The van der Waals surface area contributed by atoms with Gasteiger partial charge in [0.05, 0.1) is 18.3 Å². The fourth-order valence-electron chi connectivity index (χ4n) is 3.96. The Hall–Kier alpha value is -2.56. The summed E-state index contributed by atoms with van der Waals surface area (Å²) in [7, 11) is 3.25. The molecule has 2 aromatic rings. The SMILES string of the molecule is C.COC.CSC1=CNC(CNCc2ccc3c(n2)OCCN3c2ccc(C3CC3)cc2)C=C1.O.O.[HH]. The smallest absolute Gasteiger partial charge is 0.238 e. The third-order valence-corrected chi connectivity index (χ3v) is 6.56. The van der Waals surface area contributed by atoms with Crippen molar-refractivity contribution in [3.05, 3.63) is 70.9 Å². The van der Waals surface area contributed by atoms with Gasteiger partial charge < -0.3 is 36.0 Å². The Morgan fingerprint density at radius 1 is 1.17 bits per heavy atom. The van der Waals surface area contributed by atoms with Crippen LogP contribution in [0.15, 0.2) is 59.7 Å². The van der Waals surface area contributed by atoms with Gasteiger partial charge in [0.2, 0.25) is 5.88 Å². The number of fused-ring (bicyclic) bond motifs is 1. The summed E-state index contributed by atoms with van der Waals surface area (Å²) in [5.41, 5.74) is 4.73. The maximum absolute atomic E-state index is 5.89. The number of ether oxygens (including phenoxy) is 2. The fraction of sp³-hybridized carbons (Fsp3) is 0.444. The number of nitrogens with one attached hydrogen (secondary N) is 2. The zero-order chi connectivity index (χ0) is 23.0. The fourth-order valence-corrected chi connectivity index (χ4v) is 4.36.